The van der Waals surface area contributed by atoms with Gasteiger partial charge in [0.15, 0.2) is 5.71 Å². The summed E-state index contributed by atoms with van der Waals surface area (Å²) in [7, 11) is 1.99. The van der Waals surface area contributed by atoms with Crippen molar-refractivity contribution in [2.24, 2.45) is 0 Å². The summed E-state index contributed by atoms with van der Waals surface area (Å²) in [5.74, 6) is -0.757. The van der Waals surface area contributed by atoms with Gasteiger partial charge in [0.05, 0.1) is 11.8 Å². The van der Waals surface area contributed by atoms with Gasteiger partial charge in [0.25, 0.3) is 0 Å². The Bertz CT molecular complexity index is 496. The third-order valence-electron chi connectivity index (χ3n) is 3.67. The van der Waals surface area contributed by atoms with Crippen LogP contribution in [-0.2, 0) is 10.2 Å². The van der Waals surface area contributed by atoms with Crippen molar-refractivity contribution in [3.63, 3.8) is 0 Å². The highest BCUT2D eigenvalue weighted by molar-refractivity contribution is 5.96. The third kappa shape index (κ3) is 2.02. The smallest absolute Gasteiger partial charge is 0.304 e. The third-order valence-corrected chi connectivity index (χ3v) is 3.67. The first-order chi connectivity index (χ1) is 7.47. The molecule has 1 atom stereocenters. The fourth-order valence-electron chi connectivity index (χ4n) is 2.50. The minimum atomic E-state index is -0.757. The maximum atomic E-state index is 11.0. The lowest BCUT2D eigenvalue weighted by molar-refractivity contribution is -0.403. The maximum absolute atomic E-state index is 11.0. The molecule has 0 spiro atoms. The molecular weight excluding hydrogens is 282 g/mol. The van der Waals surface area contributed by atoms with Crippen LogP contribution < -0.4 is 17.0 Å². The lowest BCUT2D eigenvalue weighted by Crippen LogP contribution is -3.00. The van der Waals surface area contributed by atoms with E-state index >= 15 is 0 Å². The summed E-state index contributed by atoms with van der Waals surface area (Å²) >= 11 is 0. The van der Waals surface area contributed by atoms with E-state index < -0.39 is 5.97 Å². The van der Waals surface area contributed by atoms with Crippen LogP contribution in [0.25, 0.3) is 0 Å². The van der Waals surface area contributed by atoms with Crippen molar-refractivity contribution < 1.29 is 31.5 Å². The highest BCUT2D eigenvalue weighted by Gasteiger charge is 2.46. The number of para-hydroxylation sites is 1. The Kier molecular flexibility index (Phi) is 3.77. The Morgan fingerprint density at radius 2 is 2.00 bits per heavy atom. The number of halogens is 1. The molecule has 0 saturated carbocycles. The number of rotatable bonds is 2. The molecule has 0 bridgehead atoms. The normalized spacial score (nSPS) is 22.1. The summed E-state index contributed by atoms with van der Waals surface area (Å²) in [6.07, 6.45) is 0.139. The van der Waals surface area contributed by atoms with Gasteiger partial charge in [0.1, 0.15) is 7.05 Å². The van der Waals surface area contributed by atoms with Crippen LogP contribution in [0.3, 0.4) is 0 Å². The average Bonchev–Trinajstić information content (AvgIpc) is 2.42. The van der Waals surface area contributed by atoms with E-state index in [1.54, 1.807) is 0 Å². The van der Waals surface area contributed by atoms with E-state index in [2.05, 4.69) is 4.58 Å². The minimum Gasteiger partial charge on any atom is -1.00 e. The average molecular weight is 298 g/mol. The summed E-state index contributed by atoms with van der Waals surface area (Å²) in [5, 5.41) is 9.04. The van der Waals surface area contributed by atoms with Gasteiger partial charge in [-0.1, -0.05) is 18.2 Å². The van der Waals surface area contributed by atoms with E-state index in [1.165, 1.54) is 0 Å². The highest BCUT2D eigenvalue weighted by atomic mass is 79.9. The summed E-state index contributed by atoms with van der Waals surface area (Å²) in [5.41, 5.74) is 2.94. The van der Waals surface area contributed by atoms with Crippen LogP contribution in [0.5, 0.6) is 0 Å². The van der Waals surface area contributed by atoms with Gasteiger partial charge in [-0.15, -0.1) is 0 Å². The van der Waals surface area contributed by atoms with Crippen molar-refractivity contribution in [1.82, 2.24) is 0 Å². The zero-order valence-corrected chi connectivity index (χ0v) is 11.8. The van der Waals surface area contributed by atoms with Gasteiger partial charge in [-0.05, 0) is 6.92 Å². The molecule has 1 unspecified atom stereocenters. The Balaban J connectivity index is 0.00000144. The van der Waals surface area contributed by atoms with Gasteiger partial charge in [-0.25, -0.2) is 4.58 Å². The van der Waals surface area contributed by atoms with Crippen molar-refractivity contribution in [1.29, 1.82) is 0 Å². The molecule has 3 nitrogen and oxygen atoms in total. The van der Waals surface area contributed by atoms with Crippen molar-refractivity contribution in [2.75, 3.05) is 7.05 Å². The number of carboxylic acid groups (broad SMARTS) is 1. The van der Waals surface area contributed by atoms with Crippen LogP contribution in [0.4, 0.5) is 5.69 Å². The van der Waals surface area contributed by atoms with E-state index in [0.717, 1.165) is 17.0 Å². The molecule has 0 aromatic heterocycles. The van der Waals surface area contributed by atoms with E-state index in [0.29, 0.717) is 0 Å². The first kappa shape index (κ1) is 13.9. The molecule has 1 aliphatic heterocycles. The first-order valence-corrected chi connectivity index (χ1v) is 5.36. The largest absolute Gasteiger partial charge is 1.00 e. The maximum Gasteiger partial charge on any atom is 0.304 e. The lowest BCUT2D eigenvalue weighted by Gasteiger charge is -2.19. The van der Waals surface area contributed by atoms with E-state index in [-0.39, 0.29) is 28.8 Å². The molecule has 2 rings (SSSR count). The number of aliphatic carboxylic acids is 1. The van der Waals surface area contributed by atoms with Crippen LogP contribution in [0.15, 0.2) is 24.3 Å². The number of carboxylic acids is 1. The molecule has 1 N–H and O–H groups in total. The van der Waals surface area contributed by atoms with Crippen LogP contribution in [0, 0.1) is 0 Å². The van der Waals surface area contributed by atoms with Gasteiger partial charge >= 0.3 is 5.97 Å². The van der Waals surface area contributed by atoms with Crippen molar-refractivity contribution in [2.45, 2.75) is 25.7 Å². The molecule has 0 fully saturated rings. The van der Waals surface area contributed by atoms with Crippen LogP contribution in [0.1, 0.15) is 25.8 Å². The van der Waals surface area contributed by atoms with Gasteiger partial charge < -0.3 is 22.1 Å². The predicted octanol–water partition coefficient (Wildman–Crippen LogP) is -0.829. The second-order valence-corrected chi connectivity index (χ2v) is 4.56. The number of benzene rings is 1. The Morgan fingerprint density at radius 1 is 1.41 bits per heavy atom. The van der Waals surface area contributed by atoms with Crippen molar-refractivity contribution in [3.05, 3.63) is 29.8 Å². The molecule has 0 saturated heterocycles. The fraction of sp³-hybridized carbons (Fsp3) is 0.385. The first-order valence-electron chi connectivity index (χ1n) is 5.36. The molecule has 0 radical (unpaired) electrons. The summed E-state index contributed by atoms with van der Waals surface area (Å²) < 4.78 is 2.08. The standard InChI is InChI=1S/C13H15NO2.BrH/c1-9-13(2,8-12(15)16)10-6-4-5-7-11(10)14(9)3;/h4-7H,8H2,1-3H3;1H. The second kappa shape index (κ2) is 4.61. The number of fused-ring (bicyclic) bond motifs is 1. The highest BCUT2D eigenvalue weighted by Crippen LogP contribution is 2.41. The zero-order valence-electron chi connectivity index (χ0n) is 10.2. The Morgan fingerprint density at radius 3 is 2.59 bits per heavy atom. The number of hydrogen-bond acceptors (Lipinski definition) is 1. The molecule has 92 valence electrons. The van der Waals surface area contributed by atoms with Gasteiger partial charge in [0, 0.05) is 18.6 Å². The number of nitrogens with zero attached hydrogens (tertiary/aromatic N) is 1. The topological polar surface area (TPSA) is 40.3 Å². The zero-order chi connectivity index (χ0) is 11.9. The molecule has 17 heavy (non-hydrogen) atoms. The number of hydrogen-bond donors (Lipinski definition) is 1. The Hall–Kier alpha value is -1.16. The van der Waals surface area contributed by atoms with Gasteiger partial charge in [-0.2, -0.15) is 0 Å². The van der Waals surface area contributed by atoms with Crippen LogP contribution >= 0.6 is 0 Å². The van der Waals surface area contributed by atoms with Crippen LogP contribution in [-0.4, -0.2) is 28.4 Å². The fourth-order valence-corrected chi connectivity index (χ4v) is 2.50. The molecule has 1 aromatic rings. The molecule has 0 amide bonds. The SMILES string of the molecule is CC1=[N+](C)c2ccccc2C1(C)CC(=O)O.[Br-]. The number of carbonyl (C=O) groups is 1. The quantitative estimate of drug-likeness (QED) is 0.724. The predicted molar refractivity (Wildman–Crippen MR) is 62.6 cm³/mol. The minimum absolute atomic E-state index is 0. The summed E-state index contributed by atoms with van der Waals surface area (Å²) in [4.78, 5) is 11.0. The molecule has 4 heteroatoms. The van der Waals surface area contributed by atoms with Crippen molar-refractivity contribution >= 4 is 17.4 Å². The Labute approximate surface area is 112 Å². The lowest BCUT2D eigenvalue weighted by atomic mass is 9.77. The molecule has 1 aromatic carbocycles. The van der Waals surface area contributed by atoms with E-state index in [1.807, 2.05) is 45.2 Å². The summed E-state index contributed by atoms with van der Waals surface area (Å²) in [6, 6.07) is 8.00. The van der Waals surface area contributed by atoms with Gasteiger partial charge in [0.2, 0.25) is 5.69 Å². The second-order valence-electron chi connectivity index (χ2n) is 4.56. The van der Waals surface area contributed by atoms with E-state index in [9.17, 15) is 4.79 Å². The summed E-state index contributed by atoms with van der Waals surface area (Å²) in [6.45, 7) is 4.00. The molecular formula is C13H16BrNO2. The molecule has 1 aliphatic rings. The molecule has 1 heterocycles. The molecule has 0 aliphatic carbocycles. The van der Waals surface area contributed by atoms with Crippen LogP contribution in [0.2, 0.25) is 0 Å². The van der Waals surface area contributed by atoms with Crippen molar-refractivity contribution in [3.8, 4) is 0 Å². The van der Waals surface area contributed by atoms with Gasteiger partial charge in [-0.3, -0.25) is 4.79 Å². The van der Waals surface area contributed by atoms with E-state index in [4.69, 9.17) is 5.11 Å². The monoisotopic (exact) mass is 297 g/mol.